The quantitative estimate of drug-likeness (QED) is 0.693. The lowest BCUT2D eigenvalue weighted by Crippen LogP contribution is -2.23. The third kappa shape index (κ3) is 4.82. The van der Waals surface area contributed by atoms with Gasteiger partial charge < -0.3 is 4.74 Å². The highest BCUT2D eigenvalue weighted by Gasteiger charge is 2.34. The zero-order valence-corrected chi connectivity index (χ0v) is 11.3. The Balaban J connectivity index is 2.81. The summed E-state index contributed by atoms with van der Waals surface area (Å²) in [6.45, 7) is 5.80. The molecule has 19 heavy (non-hydrogen) atoms. The molecule has 0 saturated heterocycles. The van der Waals surface area contributed by atoms with Crippen LogP contribution in [0.25, 0.3) is 0 Å². The topological polar surface area (TPSA) is 9.23 Å². The lowest BCUT2D eigenvalue weighted by molar-refractivity contribution is -0.140. The molecule has 5 heteroatoms. The van der Waals surface area contributed by atoms with Crippen molar-refractivity contribution < 1.29 is 22.3 Å². The summed E-state index contributed by atoms with van der Waals surface area (Å²) in [6.07, 6.45) is -2.95. The van der Waals surface area contributed by atoms with Gasteiger partial charge in [0.05, 0.1) is 17.8 Å². The van der Waals surface area contributed by atoms with Crippen molar-refractivity contribution in [3.8, 4) is 0 Å². The molecule has 1 aromatic rings. The fourth-order valence-corrected chi connectivity index (χ4v) is 1.83. The second kappa shape index (κ2) is 5.90. The second-order valence-electron chi connectivity index (χ2n) is 5.11. The molecule has 0 unspecified atom stereocenters. The molecule has 0 fully saturated rings. The molecule has 0 amide bonds. The first-order chi connectivity index (χ1) is 8.65. The van der Waals surface area contributed by atoms with E-state index >= 15 is 0 Å². The van der Waals surface area contributed by atoms with Gasteiger partial charge in [-0.15, -0.1) is 0 Å². The van der Waals surface area contributed by atoms with E-state index in [1.54, 1.807) is 0 Å². The molecule has 1 rings (SSSR count). The van der Waals surface area contributed by atoms with E-state index < -0.39 is 23.2 Å². The van der Waals surface area contributed by atoms with Gasteiger partial charge in [0.25, 0.3) is 0 Å². The number of alkyl halides is 3. The average molecular weight is 278 g/mol. The number of halogens is 4. The van der Waals surface area contributed by atoms with E-state index in [2.05, 4.69) is 0 Å². The van der Waals surface area contributed by atoms with Crippen LogP contribution in [-0.4, -0.2) is 5.60 Å². The summed E-state index contributed by atoms with van der Waals surface area (Å²) in [4.78, 5) is 0. The van der Waals surface area contributed by atoms with Crippen molar-refractivity contribution in [2.24, 2.45) is 0 Å². The molecular formula is C14H18F4O. The maximum atomic E-state index is 13.1. The van der Waals surface area contributed by atoms with Crippen molar-refractivity contribution in [2.45, 2.75) is 52.0 Å². The molecule has 0 aromatic heterocycles. The molecule has 0 radical (unpaired) electrons. The fraction of sp³-hybridized carbons (Fsp3) is 0.571. The summed E-state index contributed by atoms with van der Waals surface area (Å²) in [6, 6.07) is 2.94. The largest absolute Gasteiger partial charge is 0.419 e. The maximum Gasteiger partial charge on any atom is 0.419 e. The van der Waals surface area contributed by atoms with E-state index in [4.69, 9.17) is 4.74 Å². The van der Waals surface area contributed by atoms with Gasteiger partial charge in [0.1, 0.15) is 5.82 Å². The summed E-state index contributed by atoms with van der Waals surface area (Å²) >= 11 is 0. The minimum absolute atomic E-state index is 0.0381. The van der Waals surface area contributed by atoms with E-state index in [0.29, 0.717) is 5.56 Å². The van der Waals surface area contributed by atoms with Crippen LogP contribution >= 0.6 is 0 Å². The minimum Gasteiger partial charge on any atom is -0.371 e. The van der Waals surface area contributed by atoms with Crippen molar-refractivity contribution in [1.29, 1.82) is 0 Å². The molecule has 108 valence electrons. The Bertz CT molecular complexity index is 424. The lowest BCUT2D eigenvalue weighted by Gasteiger charge is -2.25. The van der Waals surface area contributed by atoms with E-state index in [-0.39, 0.29) is 6.61 Å². The van der Waals surface area contributed by atoms with E-state index in [0.717, 1.165) is 25.0 Å². The summed E-state index contributed by atoms with van der Waals surface area (Å²) in [5.41, 5.74) is -1.33. The summed E-state index contributed by atoms with van der Waals surface area (Å²) < 4.78 is 56.3. The number of rotatable bonds is 5. The SMILES string of the molecule is CCCC(C)(C)OCc1ccc(F)c(C(F)(F)F)c1. The van der Waals surface area contributed by atoms with E-state index in [1.165, 1.54) is 6.07 Å². The third-order valence-corrected chi connectivity index (χ3v) is 2.82. The standard InChI is InChI=1S/C14H18F4O/c1-4-7-13(2,3)19-9-10-5-6-12(15)11(8-10)14(16,17)18/h5-6,8H,4,7,9H2,1-3H3. The fourth-order valence-electron chi connectivity index (χ4n) is 1.83. The van der Waals surface area contributed by atoms with Crippen molar-refractivity contribution in [3.05, 3.63) is 35.1 Å². The van der Waals surface area contributed by atoms with Gasteiger partial charge in [0.15, 0.2) is 0 Å². The predicted octanol–water partition coefficient (Wildman–Crippen LogP) is 4.94. The number of hydrogen-bond acceptors (Lipinski definition) is 1. The van der Waals surface area contributed by atoms with Gasteiger partial charge in [0, 0.05) is 0 Å². The molecule has 0 aliphatic carbocycles. The van der Waals surface area contributed by atoms with Crippen LogP contribution in [0.2, 0.25) is 0 Å². The van der Waals surface area contributed by atoms with Crippen LogP contribution in [0.5, 0.6) is 0 Å². The molecule has 0 saturated carbocycles. The normalized spacial score (nSPS) is 12.8. The molecule has 1 aromatic carbocycles. The summed E-state index contributed by atoms with van der Waals surface area (Å²) in [5, 5.41) is 0. The van der Waals surface area contributed by atoms with E-state index in [9.17, 15) is 17.6 Å². The van der Waals surface area contributed by atoms with Crippen LogP contribution in [0.3, 0.4) is 0 Å². The smallest absolute Gasteiger partial charge is 0.371 e. The van der Waals surface area contributed by atoms with Crippen molar-refractivity contribution in [1.82, 2.24) is 0 Å². The van der Waals surface area contributed by atoms with Gasteiger partial charge in [-0.25, -0.2) is 4.39 Å². The van der Waals surface area contributed by atoms with Crippen molar-refractivity contribution in [2.75, 3.05) is 0 Å². The zero-order chi connectivity index (χ0) is 14.7. The first-order valence-corrected chi connectivity index (χ1v) is 6.15. The molecular weight excluding hydrogens is 260 g/mol. The number of benzene rings is 1. The number of ether oxygens (including phenoxy) is 1. The van der Waals surface area contributed by atoms with Gasteiger partial charge in [-0.05, 0) is 38.0 Å². The lowest BCUT2D eigenvalue weighted by atomic mass is 10.0. The van der Waals surface area contributed by atoms with Crippen LogP contribution < -0.4 is 0 Å². The monoisotopic (exact) mass is 278 g/mol. The van der Waals surface area contributed by atoms with Gasteiger partial charge in [-0.1, -0.05) is 19.4 Å². The second-order valence-corrected chi connectivity index (χ2v) is 5.11. The third-order valence-electron chi connectivity index (χ3n) is 2.82. The van der Waals surface area contributed by atoms with Gasteiger partial charge >= 0.3 is 6.18 Å². The summed E-state index contributed by atoms with van der Waals surface area (Å²) in [5.74, 6) is -1.26. The average Bonchev–Trinajstić information content (AvgIpc) is 2.26. The Kier molecular flexibility index (Phi) is 4.96. The molecule has 0 spiro atoms. The Morgan fingerprint density at radius 1 is 1.16 bits per heavy atom. The Morgan fingerprint density at radius 3 is 2.32 bits per heavy atom. The zero-order valence-electron chi connectivity index (χ0n) is 11.3. The van der Waals surface area contributed by atoms with Crippen LogP contribution in [0, 0.1) is 5.82 Å². The molecule has 0 aliphatic heterocycles. The van der Waals surface area contributed by atoms with Crippen LogP contribution in [0.1, 0.15) is 44.7 Å². The Labute approximate surface area is 110 Å². The predicted molar refractivity (Wildman–Crippen MR) is 65.2 cm³/mol. The Hall–Kier alpha value is -1.10. The molecule has 1 nitrogen and oxygen atoms in total. The van der Waals surface area contributed by atoms with Gasteiger partial charge in [-0.3, -0.25) is 0 Å². The number of hydrogen-bond donors (Lipinski definition) is 0. The van der Waals surface area contributed by atoms with Gasteiger partial charge in [0.2, 0.25) is 0 Å². The highest BCUT2D eigenvalue weighted by molar-refractivity contribution is 5.27. The van der Waals surface area contributed by atoms with Crippen LogP contribution in [-0.2, 0) is 17.5 Å². The molecule has 0 atom stereocenters. The highest BCUT2D eigenvalue weighted by atomic mass is 19.4. The summed E-state index contributed by atoms with van der Waals surface area (Å²) in [7, 11) is 0. The van der Waals surface area contributed by atoms with Gasteiger partial charge in [-0.2, -0.15) is 13.2 Å². The Morgan fingerprint density at radius 2 is 1.79 bits per heavy atom. The molecule has 0 bridgehead atoms. The highest BCUT2D eigenvalue weighted by Crippen LogP contribution is 2.32. The minimum atomic E-state index is -4.68. The van der Waals surface area contributed by atoms with E-state index in [1.807, 2.05) is 20.8 Å². The first kappa shape index (κ1) is 16.0. The van der Waals surface area contributed by atoms with Crippen LogP contribution in [0.4, 0.5) is 17.6 Å². The first-order valence-electron chi connectivity index (χ1n) is 6.15. The maximum absolute atomic E-state index is 13.1. The molecule has 0 N–H and O–H groups in total. The van der Waals surface area contributed by atoms with Crippen molar-refractivity contribution >= 4 is 0 Å². The molecule has 0 aliphatic rings. The van der Waals surface area contributed by atoms with Crippen molar-refractivity contribution in [3.63, 3.8) is 0 Å². The van der Waals surface area contributed by atoms with Crippen LogP contribution in [0.15, 0.2) is 18.2 Å². The molecule has 0 heterocycles.